The van der Waals surface area contributed by atoms with Crippen LogP contribution in [0, 0.1) is 5.82 Å². The standard InChI is InChI=1S/C18H15FN4O3/c1-20-17(25)10-3-6-12(7-4-10)21-18(26)15-16(24)13-9-11(19)5-8-14(13)23(2)22-15/h3-9H,1-2H3,(H,20,25)(H,21,26). The predicted molar refractivity (Wildman–Crippen MR) is 94.7 cm³/mol. The largest absolute Gasteiger partial charge is 0.355 e. The highest BCUT2D eigenvalue weighted by atomic mass is 19.1. The molecule has 0 fully saturated rings. The first-order valence-corrected chi connectivity index (χ1v) is 7.71. The first kappa shape index (κ1) is 17.3. The second-order valence-electron chi connectivity index (χ2n) is 5.57. The van der Waals surface area contributed by atoms with Crippen LogP contribution in [0.3, 0.4) is 0 Å². The zero-order valence-corrected chi connectivity index (χ0v) is 14.0. The lowest BCUT2D eigenvalue weighted by molar-refractivity contribution is 0.0962. The van der Waals surface area contributed by atoms with E-state index < -0.39 is 17.2 Å². The fourth-order valence-electron chi connectivity index (χ4n) is 2.54. The number of fused-ring (bicyclic) bond motifs is 1. The van der Waals surface area contributed by atoms with Crippen molar-refractivity contribution in [2.45, 2.75) is 0 Å². The van der Waals surface area contributed by atoms with E-state index in [0.717, 1.165) is 6.07 Å². The molecule has 0 atom stereocenters. The Morgan fingerprint density at radius 2 is 1.77 bits per heavy atom. The third-order valence-corrected chi connectivity index (χ3v) is 3.86. The van der Waals surface area contributed by atoms with Gasteiger partial charge in [0.25, 0.3) is 11.8 Å². The van der Waals surface area contributed by atoms with Crippen molar-refractivity contribution in [3.8, 4) is 0 Å². The van der Waals surface area contributed by atoms with Gasteiger partial charge in [-0.05, 0) is 42.5 Å². The molecule has 2 aromatic carbocycles. The van der Waals surface area contributed by atoms with Crippen LogP contribution in [-0.2, 0) is 7.05 Å². The normalized spacial score (nSPS) is 10.6. The van der Waals surface area contributed by atoms with E-state index in [4.69, 9.17) is 0 Å². The third kappa shape index (κ3) is 3.16. The van der Waals surface area contributed by atoms with Crippen LogP contribution in [0.2, 0.25) is 0 Å². The van der Waals surface area contributed by atoms with Crippen molar-refractivity contribution in [1.29, 1.82) is 0 Å². The fourth-order valence-corrected chi connectivity index (χ4v) is 2.54. The van der Waals surface area contributed by atoms with Crippen LogP contribution in [0.25, 0.3) is 10.9 Å². The number of nitrogens with zero attached hydrogens (tertiary/aromatic N) is 2. The third-order valence-electron chi connectivity index (χ3n) is 3.86. The van der Waals surface area contributed by atoms with Crippen LogP contribution in [-0.4, -0.2) is 28.6 Å². The molecule has 7 nitrogen and oxygen atoms in total. The number of nitrogens with one attached hydrogen (secondary N) is 2. The van der Waals surface area contributed by atoms with Crippen LogP contribution in [0.4, 0.5) is 10.1 Å². The van der Waals surface area contributed by atoms with Crippen molar-refractivity contribution in [3.05, 3.63) is 69.8 Å². The van der Waals surface area contributed by atoms with Gasteiger partial charge in [-0.3, -0.25) is 19.1 Å². The summed E-state index contributed by atoms with van der Waals surface area (Å²) in [6, 6.07) is 9.87. The van der Waals surface area contributed by atoms with E-state index in [1.54, 1.807) is 7.05 Å². The lowest BCUT2D eigenvalue weighted by atomic mass is 10.1. The van der Waals surface area contributed by atoms with E-state index in [0.29, 0.717) is 16.8 Å². The number of aromatic nitrogens is 2. The molecule has 0 aliphatic carbocycles. The molecule has 0 unspecified atom stereocenters. The summed E-state index contributed by atoms with van der Waals surface area (Å²) in [4.78, 5) is 36.4. The number of amides is 2. The van der Waals surface area contributed by atoms with Gasteiger partial charge in [0.15, 0.2) is 5.69 Å². The van der Waals surface area contributed by atoms with Crippen LogP contribution in [0.1, 0.15) is 20.8 Å². The van der Waals surface area contributed by atoms with E-state index in [1.165, 1.54) is 48.1 Å². The molecule has 2 amide bonds. The van der Waals surface area contributed by atoms with Gasteiger partial charge in [-0.25, -0.2) is 4.39 Å². The van der Waals surface area contributed by atoms with Crippen LogP contribution in [0.5, 0.6) is 0 Å². The van der Waals surface area contributed by atoms with Crippen molar-refractivity contribution in [2.24, 2.45) is 7.05 Å². The molecule has 8 heteroatoms. The minimum absolute atomic E-state index is 0.0719. The van der Waals surface area contributed by atoms with Crippen molar-refractivity contribution in [2.75, 3.05) is 12.4 Å². The number of anilines is 1. The van der Waals surface area contributed by atoms with Crippen molar-refractivity contribution in [1.82, 2.24) is 15.1 Å². The van der Waals surface area contributed by atoms with Crippen LogP contribution < -0.4 is 16.1 Å². The van der Waals surface area contributed by atoms with Crippen molar-refractivity contribution >= 4 is 28.4 Å². The second kappa shape index (κ2) is 6.75. The maximum absolute atomic E-state index is 13.5. The fraction of sp³-hybridized carbons (Fsp3) is 0.111. The highest BCUT2D eigenvalue weighted by molar-refractivity contribution is 6.04. The van der Waals surface area contributed by atoms with Gasteiger partial charge in [-0.1, -0.05) is 0 Å². The number of halogens is 1. The Morgan fingerprint density at radius 1 is 1.08 bits per heavy atom. The molecular formula is C18H15FN4O3. The molecule has 0 aliphatic heterocycles. The number of rotatable bonds is 3. The summed E-state index contributed by atoms with van der Waals surface area (Å²) in [5.74, 6) is -1.55. The van der Waals surface area contributed by atoms with E-state index in [9.17, 15) is 18.8 Å². The van der Waals surface area contributed by atoms with Gasteiger partial charge >= 0.3 is 0 Å². The second-order valence-corrected chi connectivity index (χ2v) is 5.57. The molecule has 0 saturated carbocycles. The summed E-state index contributed by atoms with van der Waals surface area (Å²) in [6.45, 7) is 0. The SMILES string of the molecule is CNC(=O)c1ccc(NC(=O)c2nn(C)c3ccc(F)cc3c2=O)cc1. The molecule has 0 bridgehead atoms. The number of aryl methyl sites for hydroxylation is 1. The summed E-state index contributed by atoms with van der Waals surface area (Å²) < 4.78 is 14.8. The van der Waals surface area contributed by atoms with Gasteiger partial charge in [0.2, 0.25) is 5.43 Å². The zero-order chi connectivity index (χ0) is 18.8. The topological polar surface area (TPSA) is 93.1 Å². The molecular weight excluding hydrogens is 339 g/mol. The molecule has 1 aromatic heterocycles. The minimum atomic E-state index is -0.718. The lowest BCUT2D eigenvalue weighted by Gasteiger charge is -2.09. The Hall–Kier alpha value is -3.55. The van der Waals surface area contributed by atoms with Gasteiger partial charge in [0.05, 0.1) is 10.9 Å². The van der Waals surface area contributed by atoms with E-state index >= 15 is 0 Å². The summed E-state index contributed by atoms with van der Waals surface area (Å²) in [5, 5.41) is 9.10. The minimum Gasteiger partial charge on any atom is -0.355 e. The van der Waals surface area contributed by atoms with E-state index in [-0.39, 0.29) is 17.0 Å². The monoisotopic (exact) mass is 354 g/mol. The number of hydrogen-bond donors (Lipinski definition) is 2. The van der Waals surface area contributed by atoms with E-state index in [2.05, 4.69) is 15.7 Å². The molecule has 0 spiro atoms. The first-order valence-electron chi connectivity index (χ1n) is 7.71. The maximum Gasteiger partial charge on any atom is 0.280 e. The van der Waals surface area contributed by atoms with Crippen LogP contribution >= 0.6 is 0 Å². The van der Waals surface area contributed by atoms with Gasteiger partial charge in [0, 0.05) is 25.3 Å². The number of benzene rings is 2. The average Bonchev–Trinajstić information content (AvgIpc) is 2.64. The summed E-state index contributed by atoms with van der Waals surface area (Å²) in [5.41, 5.74) is 0.243. The van der Waals surface area contributed by atoms with Crippen LogP contribution in [0.15, 0.2) is 47.3 Å². The van der Waals surface area contributed by atoms with Crippen molar-refractivity contribution < 1.29 is 14.0 Å². The molecule has 0 aliphatic rings. The summed E-state index contributed by atoms with van der Waals surface area (Å²) in [6.07, 6.45) is 0. The Bertz CT molecular complexity index is 1070. The molecule has 3 aromatic rings. The highest BCUT2D eigenvalue weighted by Gasteiger charge is 2.17. The smallest absolute Gasteiger partial charge is 0.280 e. The average molecular weight is 354 g/mol. The van der Waals surface area contributed by atoms with Gasteiger partial charge < -0.3 is 10.6 Å². The number of carbonyl (C=O) groups is 2. The van der Waals surface area contributed by atoms with Gasteiger partial charge in [-0.15, -0.1) is 0 Å². The molecule has 0 saturated heterocycles. The first-order chi connectivity index (χ1) is 12.4. The Balaban J connectivity index is 1.94. The summed E-state index contributed by atoms with van der Waals surface area (Å²) >= 11 is 0. The molecule has 1 heterocycles. The Kier molecular flexibility index (Phi) is 4.49. The highest BCUT2D eigenvalue weighted by Crippen LogP contribution is 2.13. The maximum atomic E-state index is 13.5. The number of hydrogen-bond acceptors (Lipinski definition) is 4. The van der Waals surface area contributed by atoms with Gasteiger partial charge in [0.1, 0.15) is 5.82 Å². The van der Waals surface area contributed by atoms with Crippen molar-refractivity contribution in [3.63, 3.8) is 0 Å². The number of carbonyl (C=O) groups excluding carboxylic acids is 2. The Labute approximate surface area is 147 Å². The molecule has 26 heavy (non-hydrogen) atoms. The van der Waals surface area contributed by atoms with E-state index in [1.807, 2.05) is 0 Å². The van der Waals surface area contributed by atoms with Gasteiger partial charge in [-0.2, -0.15) is 5.10 Å². The zero-order valence-electron chi connectivity index (χ0n) is 14.0. The molecule has 2 N–H and O–H groups in total. The lowest BCUT2D eigenvalue weighted by Crippen LogP contribution is -2.26. The quantitative estimate of drug-likeness (QED) is 0.748. The predicted octanol–water partition coefficient (Wildman–Crippen LogP) is 1.68. The molecule has 132 valence electrons. The summed E-state index contributed by atoms with van der Waals surface area (Å²) in [7, 11) is 3.08. The molecule has 0 radical (unpaired) electrons. The molecule has 3 rings (SSSR count). The Morgan fingerprint density at radius 3 is 2.42 bits per heavy atom.